The highest BCUT2D eigenvalue weighted by Gasteiger charge is 2.32. The van der Waals surface area contributed by atoms with E-state index in [4.69, 9.17) is 9.15 Å². The summed E-state index contributed by atoms with van der Waals surface area (Å²) in [5.74, 6) is 0.736. The van der Waals surface area contributed by atoms with Crippen molar-refractivity contribution in [3.05, 3.63) is 60.2 Å². The van der Waals surface area contributed by atoms with Crippen molar-refractivity contribution in [2.24, 2.45) is 0 Å². The Bertz CT molecular complexity index is 1540. The molecule has 1 aliphatic rings. The van der Waals surface area contributed by atoms with Gasteiger partial charge in [0.25, 0.3) is 0 Å². The van der Waals surface area contributed by atoms with Crippen LogP contribution in [0.4, 0.5) is 10.1 Å². The molecule has 1 fully saturated rings. The normalized spacial score (nSPS) is 13.7. The van der Waals surface area contributed by atoms with Gasteiger partial charge in [-0.3, -0.25) is 9.10 Å². The minimum Gasteiger partial charge on any atom is -0.466 e. The van der Waals surface area contributed by atoms with Crippen molar-refractivity contribution in [3.63, 3.8) is 0 Å². The third-order valence-electron chi connectivity index (χ3n) is 6.66. The molecule has 0 aliphatic heterocycles. The quantitative estimate of drug-likeness (QED) is 0.185. The van der Waals surface area contributed by atoms with Crippen molar-refractivity contribution in [2.45, 2.75) is 44.9 Å². The van der Waals surface area contributed by atoms with Crippen molar-refractivity contribution in [3.8, 4) is 22.7 Å². The Balaban J connectivity index is 1.59. The zero-order valence-electron chi connectivity index (χ0n) is 21.4. The van der Waals surface area contributed by atoms with Gasteiger partial charge in [-0.2, -0.15) is 0 Å². The molecule has 0 unspecified atom stereocenters. The number of aromatic amines is 1. The zero-order valence-corrected chi connectivity index (χ0v) is 22.2. The van der Waals surface area contributed by atoms with Crippen LogP contribution in [-0.2, 0) is 19.6 Å². The molecule has 38 heavy (non-hydrogen) atoms. The number of benzene rings is 2. The molecule has 0 spiro atoms. The molecule has 200 valence electrons. The van der Waals surface area contributed by atoms with E-state index in [0.717, 1.165) is 29.4 Å². The van der Waals surface area contributed by atoms with Gasteiger partial charge >= 0.3 is 5.97 Å². The molecule has 2 aromatic heterocycles. The number of furan rings is 1. The Hall–Kier alpha value is -3.66. The number of carbonyl (C=O) groups is 1. The van der Waals surface area contributed by atoms with Crippen LogP contribution in [0.25, 0.3) is 33.7 Å². The fourth-order valence-electron chi connectivity index (χ4n) is 4.75. The fraction of sp³-hybridized carbons (Fsp3) is 0.357. The predicted molar refractivity (Wildman–Crippen MR) is 144 cm³/mol. The number of sulfonamides is 1. The van der Waals surface area contributed by atoms with Crippen LogP contribution in [0, 0.1) is 5.82 Å². The van der Waals surface area contributed by atoms with E-state index in [-0.39, 0.29) is 30.7 Å². The number of carbonyl (C=O) groups excluding carboxylic acids is 1. The Labute approximate surface area is 220 Å². The second-order valence-electron chi connectivity index (χ2n) is 9.53. The highest BCUT2D eigenvalue weighted by Crippen LogP contribution is 2.49. The molecule has 8 nitrogen and oxygen atoms in total. The van der Waals surface area contributed by atoms with Gasteiger partial charge in [-0.05, 0) is 74.4 Å². The molecule has 1 aliphatic carbocycles. The summed E-state index contributed by atoms with van der Waals surface area (Å²) < 4.78 is 52.3. The number of esters is 1. The SMILES string of the molecule is CCOC(=O)CCCCN(c1cc2oc(-c3ccc(F)cc3)c(-c3ncc[nH]3)c2cc1C1CC1)S(C)(=O)=O. The number of nitrogens with zero attached hydrogens (tertiary/aromatic N) is 2. The van der Waals surface area contributed by atoms with Crippen LogP contribution >= 0.6 is 0 Å². The third-order valence-corrected chi connectivity index (χ3v) is 7.84. The van der Waals surface area contributed by atoms with Gasteiger partial charge in [-0.1, -0.05) is 0 Å². The van der Waals surface area contributed by atoms with Crippen molar-refractivity contribution >= 4 is 32.6 Å². The highest BCUT2D eigenvalue weighted by atomic mass is 32.2. The number of halogens is 1. The van der Waals surface area contributed by atoms with E-state index < -0.39 is 10.0 Å². The minimum absolute atomic E-state index is 0.236. The second-order valence-corrected chi connectivity index (χ2v) is 11.4. The second kappa shape index (κ2) is 10.6. The average molecular weight is 540 g/mol. The summed E-state index contributed by atoms with van der Waals surface area (Å²) in [6.07, 6.45) is 7.77. The van der Waals surface area contributed by atoms with Crippen LogP contribution in [-0.4, -0.2) is 43.8 Å². The number of H-pyrrole nitrogens is 1. The summed E-state index contributed by atoms with van der Waals surface area (Å²) in [4.78, 5) is 19.3. The molecule has 5 rings (SSSR count). The standard InChI is InChI=1S/C28H30FN3O5S/c1-3-36-25(33)6-4-5-15-32(38(2,34)35)23-17-24-22(16-21(23)18-7-8-18)26(28-30-13-14-31-28)27(37-24)19-9-11-20(29)12-10-19/h9-14,16-18H,3-8,15H2,1-2H3,(H,30,31). The van der Waals surface area contributed by atoms with Crippen LogP contribution in [0.3, 0.4) is 0 Å². The molecule has 0 saturated heterocycles. The number of rotatable bonds is 11. The number of hydrogen-bond donors (Lipinski definition) is 1. The van der Waals surface area contributed by atoms with Gasteiger partial charge in [0.2, 0.25) is 10.0 Å². The number of nitrogens with one attached hydrogen (secondary N) is 1. The lowest BCUT2D eigenvalue weighted by Gasteiger charge is -2.25. The molecule has 1 N–H and O–H groups in total. The molecular weight excluding hydrogens is 509 g/mol. The predicted octanol–water partition coefficient (Wildman–Crippen LogP) is 6.01. The van der Waals surface area contributed by atoms with Crippen LogP contribution in [0.1, 0.15) is 50.5 Å². The molecule has 10 heteroatoms. The fourth-order valence-corrected chi connectivity index (χ4v) is 5.73. The Morgan fingerprint density at radius 3 is 2.61 bits per heavy atom. The number of anilines is 1. The number of unbranched alkanes of at least 4 members (excludes halogenated alkanes) is 1. The number of hydrogen-bond acceptors (Lipinski definition) is 6. The summed E-state index contributed by atoms with van der Waals surface area (Å²) >= 11 is 0. The topological polar surface area (TPSA) is 106 Å². The Morgan fingerprint density at radius 1 is 1.21 bits per heavy atom. The molecule has 1 saturated carbocycles. The summed E-state index contributed by atoms with van der Waals surface area (Å²) in [6.45, 7) is 2.31. The molecule has 0 bridgehead atoms. The van der Waals surface area contributed by atoms with Crippen LogP contribution in [0.2, 0.25) is 0 Å². The third kappa shape index (κ3) is 5.45. The first kappa shape index (κ1) is 26.0. The average Bonchev–Trinajstić information content (AvgIpc) is 3.44. The van der Waals surface area contributed by atoms with Gasteiger partial charge in [-0.25, -0.2) is 17.8 Å². The molecule has 4 aromatic rings. The van der Waals surface area contributed by atoms with Gasteiger partial charge in [0.1, 0.15) is 23.0 Å². The van der Waals surface area contributed by atoms with E-state index in [9.17, 15) is 17.6 Å². The first-order valence-electron chi connectivity index (χ1n) is 12.8. The van der Waals surface area contributed by atoms with E-state index in [1.165, 1.54) is 22.7 Å². The van der Waals surface area contributed by atoms with Crippen LogP contribution in [0.15, 0.2) is 53.2 Å². The number of fused-ring (bicyclic) bond motifs is 1. The molecular formula is C28H30FN3O5S. The van der Waals surface area contributed by atoms with Crippen molar-refractivity contribution in [1.82, 2.24) is 9.97 Å². The van der Waals surface area contributed by atoms with Gasteiger partial charge in [-0.15, -0.1) is 0 Å². The van der Waals surface area contributed by atoms with E-state index in [1.54, 1.807) is 37.5 Å². The molecule has 0 radical (unpaired) electrons. The smallest absolute Gasteiger partial charge is 0.305 e. The van der Waals surface area contributed by atoms with Gasteiger partial charge in [0.15, 0.2) is 0 Å². The van der Waals surface area contributed by atoms with E-state index in [1.807, 2.05) is 6.07 Å². The summed E-state index contributed by atoms with van der Waals surface area (Å²) in [5, 5.41) is 0.806. The largest absolute Gasteiger partial charge is 0.466 e. The summed E-state index contributed by atoms with van der Waals surface area (Å²) in [5.41, 5.74) is 3.46. The van der Waals surface area contributed by atoms with Crippen LogP contribution in [0.5, 0.6) is 0 Å². The number of aromatic nitrogens is 2. The van der Waals surface area contributed by atoms with Gasteiger partial charge in [0.05, 0.1) is 24.1 Å². The first-order valence-corrected chi connectivity index (χ1v) is 14.6. The van der Waals surface area contributed by atoms with Crippen molar-refractivity contribution in [2.75, 3.05) is 23.7 Å². The van der Waals surface area contributed by atoms with E-state index in [0.29, 0.717) is 47.9 Å². The first-order chi connectivity index (χ1) is 18.3. The monoisotopic (exact) mass is 539 g/mol. The van der Waals surface area contributed by atoms with Crippen LogP contribution < -0.4 is 4.31 Å². The lowest BCUT2D eigenvalue weighted by molar-refractivity contribution is -0.143. The summed E-state index contributed by atoms with van der Waals surface area (Å²) in [7, 11) is -3.61. The molecule has 0 atom stereocenters. The van der Waals surface area contributed by atoms with Gasteiger partial charge in [0, 0.05) is 42.4 Å². The molecule has 0 amide bonds. The maximum atomic E-state index is 13.7. The Kier molecular flexibility index (Phi) is 7.25. The highest BCUT2D eigenvalue weighted by molar-refractivity contribution is 7.92. The number of imidazole rings is 1. The maximum Gasteiger partial charge on any atom is 0.305 e. The zero-order chi connectivity index (χ0) is 26.9. The van der Waals surface area contributed by atoms with Crippen molar-refractivity contribution in [1.29, 1.82) is 0 Å². The maximum absolute atomic E-state index is 13.7. The lowest BCUT2D eigenvalue weighted by Crippen LogP contribution is -2.31. The summed E-state index contributed by atoms with van der Waals surface area (Å²) in [6, 6.07) is 9.83. The Morgan fingerprint density at radius 2 is 1.97 bits per heavy atom. The van der Waals surface area contributed by atoms with Gasteiger partial charge < -0.3 is 14.1 Å². The number of ether oxygens (including phenoxy) is 1. The lowest BCUT2D eigenvalue weighted by atomic mass is 10.0. The van der Waals surface area contributed by atoms with E-state index in [2.05, 4.69) is 9.97 Å². The molecule has 2 aromatic carbocycles. The van der Waals surface area contributed by atoms with Crippen molar-refractivity contribution < 1.29 is 26.8 Å². The molecule has 2 heterocycles. The minimum atomic E-state index is -3.61. The van der Waals surface area contributed by atoms with E-state index >= 15 is 0 Å².